The van der Waals surface area contributed by atoms with Gasteiger partial charge in [0.15, 0.2) is 11.5 Å². The number of nitrogens with one attached hydrogen (secondary N) is 1. The van der Waals surface area contributed by atoms with Crippen molar-refractivity contribution in [3.05, 3.63) is 23.8 Å². The predicted octanol–water partition coefficient (Wildman–Crippen LogP) is 2.29. The summed E-state index contributed by atoms with van der Waals surface area (Å²) in [6, 6.07) is 4.37. The fourth-order valence-corrected chi connectivity index (χ4v) is 4.46. The third-order valence-electron chi connectivity index (χ3n) is 4.94. The molecule has 8 nitrogen and oxygen atoms in total. The van der Waals surface area contributed by atoms with Gasteiger partial charge in [-0.05, 0) is 43.4 Å². The van der Waals surface area contributed by atoms with Gasteiger partial charge < -0.3 is 31.1 Å². The number of hydrogen-bond donors (Lipinski definition) is 5. The van der Waals surface area contributed by atoms with E-state index < -0.39 is 30.6 Å². The monoisotopic (exact) mass is 456 g/mol. The minimum absolute atomic E-state index is 0.0860. The largest absolute Gasteiger partial charge is 0.504 e. The van der Waals surface area contributed by atoms with Gasteiger partial charge in [-0.15, -0.1) is 0 Å². The Morgan fingerprint density at radius 3 is 2.65 bits per heavy atom. The Hall–Kier alpha value is -1.97. The van der Waals surface area contributed by atoms with Crippen LogP contribution in [0, 0.1) is 0 Å². The summed E-state index contributed by atoms with van der Waals surface area (Å²) in [5, 5.41) is 31.4. The normalized spacial score (nSPS) is 13.9. The summed E-state index contributed by atoms with van der Waals surface area (Å²) in [7, 11) is 1.50. The van der Waals surface area contributed by atoms with E-state index in [1.54, 1.807) is 23.9 Å². The van der Waals surface area contributed by atoms with E-state index in [0.717, 1.165) is 31.2 Å². The van der Waals surface area contributed by atoms with Crippen molar-refractivity contribution in [3.8, 4) is 11.5 Å². The summed E-state index contributed by atoms with van der Waals surface area (Å²) in [6.45, 7) is 1.68. The number of carbonyl (C=O) groups is 2. The zero-order valence-corrected chi connectivity index (χ0v) is 19.2. The summed E-state index contributed by atoms with van der Waals surface area (Å²) < 4.78 is 5.12. The van der Waals surface area contributed by atoms with Crippen LogP contribution in [0.1, 0.15) is 51.0 Å². The topological polar surface area (TPSA) is 142 Å². The molecule has 3 unspecified atom stereocenters. The minimum Gasteiger partial charge on any atom is -0.504 e. The van der Waals surface area contributed by atoms with Crippen LogP contribution in [-0.4, -0.2) is 64.0 Å². The number of carboxylic acids is 1. The third-order valence-corrected chi connectivity index (χ3v) is 6.39. The molecule has 3 atom stereocenters. The van der Waals surface area contributed by atoms with Crippen molar-refractivity contribution in [2.75, 3.05) is 19.4 Å². The molecule has 31 heavy (non-hydrogen) atoms. The standard InChI is InChI=1S/C22H36N2O6S/c1-3-4-5-6-17(31-14-18(23)22(29)24-13-21(27)28)12-16(25)9-7-15-8-10-19(26)20(11-15)30-2/h8,10-11,16-18,25-26H,3-7,9,12-14,23H2,1-2H3,(H,24,29)(H,27,28). The maximum Gasteiger partial charge on any atom is 0.322 e. The molecular formula is C22H36N2O6S. The summed E-state index contributed by atoms with van der Waals surface area (Å²) in [6.07, 6.45) is 5.47. The van der Waals surface area contributed by atoms with Crippen LogP contribution in [0.4, 0.5) is 0 Å². The van der Waals surface area contributed by atoms with Crippen molar-refractivity contribution in [1.29, 1.82) is 0 Å². The van der Waals surface area contributed by atoms with E-state index in [4.69, 9.17) is 15.6 Å². The number of carboxylic acid groups (broad SMARTS) is 1. The molecule has 0 aliphatic heterocycles. The molecule has 0 saturated carbocycles. The Morgan fingerprint density at radius 1 is 1.26 bits per heavy atom. The van der Waals surface area contributed by atoms with Crippen LogP contribution in [0.15, 0.2) is 18.2 Å². The van der Waals surface area contributed by atoms with E-state index in [-0.39, 0.29) is 11.0 Å². The number of aromatic hydroxyl groups is 1. The maximum absolute atomic E-state index is 11.9. The van der Waals surface area contributed by atoms with Crippen LogP contribution in [0.25, 0.3) is 0 Å². The smallest absolute Gasteiger partial charge is 0.322 e. The zero-order valence-electron chi connectivity index (χ0n) is 18.4. The van der Waals surface area contributed by atoms with Crippen molar-refractivity contribution in [2.45, 2.75) is 69.3 Å². The van der Waals surface area contributed by atoms with Crippen molar-refractivity contribution in [2.24, 2.45) is 5.73 Å². The van der Waals surface area contributed by atoms with Crippen molar-refractivity contribution < 1.29 is 29.6 Å². The van der Waals surface area contributed by atoms with E-state index >= 15 is 0 Å². The summed E-state index contributed by atoms with van der Waals surface area (Å²) in [5.74, 6) is -0.730. The molecule has 1 aromatic rings. The minimum atomic E-state index is -1.11. The lowest BCUT2D eigenvalue weighted by Crippen LogP contribution is -2.44. The average Bonchev–Trinajstić information content (AvgIpc) is 2.74. The lowest BCUT2D eigenvalue weighted by molar-refractivity contribution is -0.138. The molecule has 0 spiro atoms. The molecule has 0 aliphatic carbocycles. The van der Waals surface area contributed by atoms with E-state index in [9.17, 15) is 19.8 Å². The van der Waals surface area contributed by atoms with E-state index in [1.807, 2.05) is 6.07 Å². The second kappa shape index (κ2) is 14.9. The van der Waals surface area contributed by atoms with Gasteiger partial charge in [-0.2, -0.15) is 11.8 Å². The lowest BCUT2D eigenvalue weighted by atomic mass is 10.0. The molecule has 0 saturated heterocycles. The van der Waals surface area contributed by atoms with Crippen LogP contribution in [-0.2, 0) is 16.0 Å². The first-order chi connectivity index (χ1) is 14.8. The number of phenolic OH excluding ortho intramolecular Hbond substituents is 1. The summed E-state index contributed by atoms with van der Waals surface area (Å²) in [4.78, 5) is 22.5. The number of benzene rings is 1. The lowest BCUT2D eigenvalue weighted by Gasteiger charge is -2.22. The van der Waals surface area contributed by atoms with Gasteiger partial charge in [0, 0.05) is 11.0 Å². The number of unbranched alkanes of at least 4 members (excludes halogenated alkanes) is 2. The highest BCUT2D eigenvalue weighted by Crippen LogP contribution is 2.28. The molecule has 176 valence electrons. The molecule has 0 bridgehead atoms. The molecule has 0 heterocycles. The SMILES string of the molecule is CCCCCC(CC(O)CCc1ccc(O)c(OC)c1)SCC(N)C(=O)NCC(=O)O. The number of amides is 1. The molecule has 1 aromatic carbocycles. The first-order valence-electron chi connectivity index (χ1n) is 10.7. The van der Waals surface area contributed by atoms with E-state index in [1.165, 1.54) is 7.11 Å². The number of carbonyl (C=O) groups excluding carboxylic acids is 1. The van der Waals surface area contributed by atoms with Gasteiger partial charge in [-0.25, -0.2) is 0 Å². The molecule has 1 rings (SSSR count). The highest BCUT2D eigenvalue weighted by Gasteiger charge is 2.20. The molecule has 0 fully saturated rings. The van der Waals surface area contributed by atoms with E-state index in [0.29, 0.717) is 30.8 Å². The summed E-state index contributed by atoms with van der Waals surface area (Å²) in [5.41, 5.74) is 6.86. The number of hydrogen-bond acceptors (Lipinski definition) is 7. The van der Waals surface area contributed by atoms with Crippen LogP contribution < -0.4 is 15.8 Å². The van der Waals surface area contributed by atoms with Crippen LogP contribution in [0.2, 0.25) is 0 Å². The Morgan fingerprint density at radius 2 is 2.00 bits per heavy atom. The van der Waals surface area contributed by atoms with Crippen molar-refractivity contribution >= 4 is 23.6 Å². The molecule has 0 radical (unpaired) electrons. The number of aryl methyl sites for hydroxylation is 1. The van der Waals surface area contributed by atoms with Gasteiger partial charge in [0.25, 0.3) is 0 Å². The van der Waals surface area contributed by atoms with Gasteiger partial charge in [-0.1, -0.05) is 32.3 Å². The Balaban J connectivity index is 2.54. The molecule has 6 N–H and O–H groups in total. The zero-order chi connectivity index (χ0) is 23.2. The Labute approximate surface area is 188 Å². The fraction of sp³-hybridized carbons (Fsp3) is 0.636. The number of aliphatic hydroxyl groups excluding tert-OH is 1. The fourth-order valence-electron chi connectivity index (χ4n) is 3.13. The third kappa shape index (κ3) is 11.3. The van der Waals surface area contributed by atoms with Crippen molar-refractivity contribution in [3.63, 3.8) is 0 Å². The number of aliphatic carboxylic acids is 1. The molecule has 0 aliphatic rings. The molecule has 0 aromatic heterocycles. The highest BCUT2D eigenvalue weighted by molar-refractivity contribution is 7.99. The van der Waals surface area contributed by atoms with E-state index in [2.05, 4.69) is 12.2 Å². The molecular weight excluding hydrogens is 420 g/mol. The van der Waals surface area contributed by atoms with Gasteiger partial charge in [-0.3, -0.25) is 9.59 Å². The van der Waals surface area contributed by atoms with Crippen LogP contribution in [0.5, 0.6) is 11.5 Å². The number of phenols is 1. The quantitative estimate of drug-likeness (QED) is 0.239. The highest BCUT2D eigenvalue weighted by atomic mass is 32.2. The van der Waals surface area contributed by atoms with Gasteiger partial charge in [0.2, 0.25) is 5.91 Å². The average molecular weight is 457 g/mol. The summed E-state index contributed by atoms with van der Waals surface area (Å²) >= 11 is 1.55. The number of methoxy groups -OCH3 is 1. The van der Waals surface area contributed by atoms with Gasteiger partial charge in [0.05, 0.1) is 19.3 Å². The first-order valence-corrected chi connectivity index (χ1v) is 11.7. The first kappa shape index (κ1) is 27.1. The van der Waals surface area contributed by atoms with Gasteiger partial charge >= 0.3 is 5.97 Å². The predicted molar refractivity (Wildman–Crippen MR) is 123 cm³/mol. The molecule has 1 amide bonds. The molecule has 9 heteroatoms. The van der Waals surface area contributed by atoms with Gasteiger partial charge in [0.1, 0.15) is 6.54 Å². The Kier molecular flexibility index (Phi) is 13.0. The number of nitrogens with two attached hydrogens (primary N) is 1. The van der Waals surface area contributed by atoms with Crippen molar-refractivity contribution in [1.82, 2.24) is 5.32 Å². The van der Waals surface area contributed by atoms with Crippen LogP contribution >= 0.6 is 11.8 Å². The van der Waals surface area contributed by atoms with Crippen LogP contribution in [0.3, 0.4) is 0 Å². The number of ether oxygens (including phenoxy) is 1. The second-order valence-corrected chi connectivity index (χ2v) is 8.94. The Bertz CT molecular complexity index is 688. The number of thioether (sulfide) groups is 1. The second-order valence-electron chi connectivity index (χ2n) is 7.60. The maximum atomic E-state index is 11.9. The number of rotatable bonds is 16. The number of aliphatic hydroxyl groups is 1.